The van der Waals surface area contributed by atoms with E-state index in [0.717, 1.165) is 0 Å². The highest BCUT2D eigenvalue weighted by Gasteiger charge is 2.37. The SMILES string of the molecule is CC(=O)c1c2c(c3oc(=O)cc(C)c3c1O)[C@H](c1ccc3c(c1)OCO3)CC(=O)O2. The van der Waals surface area contributed by atoms with Gasteiger partial charge in [0.25, 0.3) is 0 Å². The molecule has 0 saturated heterocycles. The maximum absolute atomic E-state index is 12.4. The van der Waals surface area contributed by atoms with E-state index in [2.05, 4.69) is 0 Å². The van der Waals surface area contributed by atoms with E-state index in [9.17, 15) is 19.5 Å². The summed E-state index contributed by atoms with van der Waals surface area (Å²) in [6.45, 7) is 3.01. The molecule has 0 aliphatic carbocycles. The number of ether oxygens (including phenoxy) is 3. The maximum Gasteiger partial charge on any atom is 0.336 e. The zero-order chi connectivity index (χ0) is 21.2. The third-order valence-electron chi connectivity index (χ3n) is 5.43. The van der Waals surface area contributed by atoms with E-state index in [0.29, 0.717) is 28.2 Å². The molecule has 0 bridgehead atoms. The van der Waals surface area contributed by atoms with Crippen molar-refractivity contribution in [3.63, 3.8) is 0 Å². The van der Waals surface area contributed by atoms with E-state index in [-0.39, 0.29) is 41.2 Å². The number of phenols is 1. The van der Waals surface area contributed by atoms with Crippen LogP contribution in [0.15, 0.2) is 33.5 Å². The lowest BCUT2D eigenvalue weighted by atomic mass is 9.82. The quantitative estimate of drug-likeness (QED) is 0.298. The van der Waals surface area contributed by atoms with Gasteiger partial charge in [0, 0.05) is 17.5 Å². The lowest BCUT2D eigenvalue weighted by Crippen LogP contribution is -2.23. The Bertz CT molecular complexity index is 1320. The Labute approximate surface area is 169 Å². The minimum atomic E-state index is -0.612. The van der Waals surface area contributed by atoms with E-state index >= 15 is 0 Å². The number of carbonyl (C=O) groups excluding carboxylic acids is 2. The summed E-state index contributed by atoms with van der Waals surface area (Å²) < 4.78 is 21.7. The molecule has 2 aromatic carbocycles. The number of hydrogen-bond acceptors (Lipinski definition) is 8. The van der Waals surface area contributed by atoms with Gasteiger partial charge in [-0.05, 0) is 37.1 Å². The van der Waals surface area contributed by atoms with Gasteiger partial charge < -0.3 is 23.7 Å². The van der Waals surface area contributed by atoms with Crippen molar-refractivity contribution in [1.29, 1.82) is 0 Å². The van der Waals surface area contributed by atoms with Crippen LogP contribution in [0.1, 0.15) is 46.3 Å². The maximum atomic E-state index is 12.4. The van der Waals surface area contributed by atoms with Gasteiger partial charge >= 0.3 is 11.6 Å². The molecule has 0 spiro atoms. The Morgan fingerprint density at radius 1 is 1.13 bits per heavy atom. The first kappa shape index (κ1) is 18.2. The van der Waals surface area contributed by atoms with Crippen LogP contribution in [-0.2, 0) is 4.79 Å². The number of fused-ring (bicyclic) bond motifs is 4. The fourth-order valence-corrected chi connectivity index (χ4v) is 4.15. The number of hydrogen-bond donors (Lipinski definition) is 1. The van der Waals surface area contributed by atoms with Crippen LogP contribution in [0, 0.1) is 6.92 Å². The Kier molecular flexibility index (Phi) is 3.86. The Hall–Kier alpha value is -3.81. The summed E-state index contributed by atoms with van der Waals surface area (Å²) in [7, 11) is 0. The molecule has 1 atom stereocenters. The number of phenolic OH excluding ortho intramolecular Hbond substituents is 1. The van der Waals surface area contributed by atoms with Gasteiger partial charge in [0.2, 0.25) is 6.79 Å². The van der Waals surface area contributed by atoms with Crippen LogP contribution in [0.2, 0.25) is 0 Å². The number of aromatic hydroxyl groups is 1. The molecule has 5 rings (SSSR count). The van der Waals surface area contributed by atoms with Crippen molar-refractivity contribution in [3.05, 3.63) is 56.9 Å². The molecule has 0 fully saturated rings. The van der Waals surface area contributed by atoms with Crippen molar-refractivity contribution in [1.82, 2.24) is 0 Å². The average molecular weight is 408 g/mol. The predicted molar refractivity (Wildman–Crippen MR) is 104 cm³/mol. The first-order valence-electron chi connectivity index (χ1n) is 9.29. The number of carbonyl (C=O) groups is 2. The molecule has 1 N–H and O–H groups in total. The molecule has 3 aromatic rings. The van der Waals surface area contributed by atoms with Crippen LogP contribution < -0.4 is 19.8 Å². The number of rotatable bonds is 2. The Balaban J connectivity index is 1.88. The summed E-state index contributed by atoms with van der Waals surface area (Å²) in [6.07, 6.45) is -0.0402. The molecule has 0 radical (unpaired) electrons. The molecule has 152 valence electrons. The summed E-state index contributed by atoms with van der Waals surface area (Å²) >= 11 is 0. The van der Waals surface area contributed by atoms with Crippen molar-refractivity contribution in [2.75, 3.05) is 6.79 Å². The Morgan fingerprint density at radius 2 is 1.90 bits per heavy atom. The number of ketones is 1. The molecule has 30 heavy (non-hydrogen) atoms. The van der Waals surface area contributed by atoms with Crippen LogP contribution in [0.3, 0.4) is 0 Å². The molecule has 8 nitrogen and oxygen atoms in total. The smallest absolute Gasteiger partial charge is 0.336 e. The fourth-order valence-electron chi connectivity index (χ4n) is 4.15. The first-order chi connectivity index (χ1) is 14.3. The third kappa shape index (κ3) is 2.57. The minimum Gasteiger partial charge on any atom is -0.506 e. The van der Waals surface area contributed by atoms with Gasteiger partial charge in [-0.3, -0.25) is 9.59 Å². The van der Waals surface area contributed by atoms with Gasteiger partial charge in [-0.1, -0.05) is 6.07 Å². The van der Waals surface area contributed by atoms with Crippen molar-refractivity contribution in [3.8, 4) is 23.0 Å². The van der Waals surface area contributed by atoms with Crippen LogP contribution >= 0.6 is 0 Å². The molecule has 2 aliphatic heterocycles. The molecule has 8 heteroatoms. The zero-order valence-electron chi connectivity index (χ0n) is 16.1. The van der Waals surface area contributed by atoms with Crippen LogP contribution in [0.25, 0.3) is 11.0 Å². The van der Waals surface area contributed by atoms with Crippen molar-refractivity contribution in [2.24, 2.45) is 0 Å². The Morgan fingerprint density at radius 3 is 2.67 bits per heavy atom. The van der Waals surface area contributed by atoms with Gasteiger partial charge in [0.15, 0.2) is 23.0 Å². The second-order valence-electron chi connectivity index (χ2n) is 7.32. The highest BCUT2D eigenvalue weighted by Crippen LogP contribution is 2.50. The van der Waals surface area contributed by atoms with Gasteiger partial charge in [-0.15, -0.1) is 0 Å². The topological polar surface area (TPSA) is 112 Å². The molecular weight excluding hydrogens is 392 g/mol. The second kappa shape index (κ2) is 6.35. The summed E-state index contributed by atoms with van der Waals surface area (Å²) in [4.78, 5) is 36.9. The predicted octanol–water partition coefficient (Wildman–Crippen LogP) is 3.18. The van der Waals surface area contributed by atoms with Gasteiger partial charge in [0.05, 0.1) is 11.8 Å². The molecule has 0 saturated carbocycles. The molecular formula is C22H16O8. The normalized spacial score (nSPS) is 17.0. The van der Waals surface area contributed by atoms with Crippen LogP contribution in [-0.4, -0.2) is 23.7 Å². The van der Waals surface area contributed by atoms with Gasteiger partial charge in [-0.25, -0.2) is 4.79 Å². The number of benzene rings is 2. The largest absolute Gasteiger partial charge is 0.506 e. The highest BCUT2D eigenvalue weighted by molar-refractivity contribution is 6.09. The number of Topliss-reactive ketones (excluding diaryl/α,β-unsaturated/α-hetero) is 1. The van der Waals surface area contributed by atoms with Crippen molar-refractivity contribution < 1.29 is 33.3 Å². The van der Waals surface area contributed by atoms with Gasteiger partial charge in [0.1, 0.15) is 16.9 Å². The van der Waals surface area contributed by atoms with Gasteiger partial charge in [-0.2, -0.15) is 0 Å². The zero-order valence-corrected chi connectivity index (χ0v) is 16.1. The van der Waals surface area contributed by atoms with E-state index < -0.39 is 23.3 Å². The van der Waals surface area contributed by atoms with Crippen molar-refractivity contribution >= 4 is 22.7 Å². The standard InChI is InChI=1S/C22H16O8/c1-9-5-15(24)29-21-17(9)20(26)18(10(2)23)22-19(21)12(7-16(25)30-22)11-3-4-13-14(6-11)28-8-27-13/h3-6,12,26H,7-8H2,1-2H3/t12-/m0/s1. The van der Waals surface area contributed by atoms with Crippen LogP contribution in [0.5, 0.6) is 23.0 Å². The summed E-state index contributed by atoms with van der Waals surface area (Å²) in [5.74, 6) is -0.976. The number of aryl methyl sites for hydroxylation is 1. The van der Waals surface area contributed by atoms with Crippen LogP contribution in [0.4, 0.5) is 0 Å². The fraction of sp³-hybridized carbons (Fsp3) is 0.227. The molecule has 0 amide bonds. The lowest BCUT2D eigenvalue weighted by molar-refractivity contribution is -0.135. The summed E-state index contributed by atoms with van der Waals surface area (Å²) in [5, 5.41) is 11.0. The third-order valence-corrected chi connectivity index (χ3v) is 5.43. The lowest BCUT2D eigenvalue weighted by Gasteiger charge is -2.28. The molecule has 0 unspecified atom stereocenters. The van der Waals surface area contributed by atoms with E-state index in [1.807, 2.05) is 0 Å². The average Bonchev–Trinajstić information content (AvgIpc) is 3.14. The minimum absolute atomic E-state index is 0.0402. The monoisotopic (exact) mass is 408 g/mol. The summed E-state index contributed by atoms with van der Waals surface area (Å²) in [5.41, 5.74) is 0.875. The molecule has 2 aliphatic rings. The first-order valence-corrected chi connectivity index (χ1v) is 9.29. The van der Waals surface area contributed by atoms with E-state index in [4.69, 9.17) is 18.6 Å². The van der Waals surface area contributed by atoms with E-state index in [1.165, 1.54) is 13.0 Å². The highest BCUT2D eigenvalue weighted by atomic mass is 16.7. The van der Waals surface area contributed by atoms with Crippen molar-refractivity contribution in [2.45, 2.75) is 26.2 Å². The molecule has 1 aromatic heterocycles. The molecule has 3 heterocycles. The summed E-state index contributed by atoms with van der Waals surface area (Å²) in [6, 6.07) is 6.49. The second-order valence-corrected chi connectivity index (χ2v) is 7.32. The number of esters is 1. The van der Waals surface area contributed by atoms with E-state index in [1.54, 1.807) is 25.1 Å².